The molecule has 0 amide bonds. The molecule has 0 aromatic heterocycles. The molecule has 1 saturated carbocycles. The Balaban J connectivity index is 1.41. The van der Waals surface area contributed by atoms with E-state index in [1.165, 1.54) is 63.7 Å². The van der Waals surface area contributed by atoms with Gasteiger partial charge >= 0.3 is 0 Å². The van der Waals surface area contributed by atoms with E-state index in [2.05, 4.69) is 47.5 Å². The summed E-state index contributed by atoms with van der Waals surface area (Å²) in [4.78, 5) is 2.64. The van der Waals surface area contributed by atoms with Gasteiger partial charge in [0.1, 0.15) is 0 Å². The molecule has 1 aliphatic heterocycles. The number of hydrogen-bond acceptors (Lipinski definition) is 2. The highest BCUT2D eigenvalue weighted by molar-refractivity contribution is 5.14. The Bertz CT molecular complexity index is 417. The maximum absolute atomic E-state index is 3.95. The van der Waals surface area contributed by atoms with Crippen LogP contribution in [0.15, 0.2) is 30.3 Å². The average molecular weight is 286 g/mol. The van der Waals surface area contributed by atoms with Gasteiger partial charge in [0.2, 0.25) is 0 Å². The molecule has 2 nitrogen and oxygen atoms in total. The van der Waals surface area contributed by atoms with Crippen LogP contribution in [-0.2, 0) is 6.42 Å². The topological polar surface area (TPSA) is 15.3 Å². The zero-order valence-electron chi connectivity index (χ0n) is 13.4. The van der Waals surface area contributed by atoms with E-state index in [9.17, 15) is 0 Å². The van der Waals surface area contributed by atoms with Crippen molar-refractivity contribution in [2.45, 2.75) is 57.5 Å². The van der Waals surface area contributed by atoms with E-state index in [0.717, 1.165) is 18.0 Å². The number of rotatable bonds is 5. The number of nitrogens with zero attached hydrogens (tertiary/aromatic N) is 1. The van der Waals surface area contributed by atoms with Crippen molar-refractivity contribution in [1.82, 2.24) is 10.2 Å². The summed E-state index contributed by atoms with van der Waals surface area (Å²) >= 11 is 0. The Morgan fingerprint density at radius 2 is 1.90 bits per heavy atom. The fourth-order valence-corrected chi connectivity index (χ4v) is 3.97. The molecule has 21 heavy (non-hydrogen) atoms. The summed E-state index contributed by atoms with van der Waals surface area (Å²) in [5.74, 6) is 0.872. The van der Waals surface area contributed by atoms with Crippen molar-refractivity contribution in [3.63, 3.8) is 0 Å². The van der Waals surface area contributed by atoms with Crippen LogP contribution in [0.1, 0.15) is 44.6 Å². The largest absolute Gasteiger partial charge is 0.310 e. The summed E-state index contributed by atoms with van der Waals surface area (Å²) in [6.07, 6.45) is 8.19. The number of benzene rings is 1. The van der Waals surface area contributed by atoms with Crippen molar-refractivity contribution >= 4 is 0 Å². The molecule has 1 aliphatic carbocycles. The minimum Gasteiger partial charge on any atom is -0.310 e. The molecule has 0 radical (unpaired) electrons. The molecule has 1 N–H and O–H groups in total. The Hall–Kier alpha value is -0.860. The van der Waals surface area contributed by atoms with Crippen LogP contribution in [0.2, 0.25) is 0 Å². The monoisotopic (exact) mass is 286 g/mol. The number of nitrogens with one attached hydrogen (secondary N) is 1. The second-order valence-electron chi connectivity index (χ2n) is 7.06. The van der Waals surface area contributed by atoms with Crippen molar-refractivity contribution in [3.05, 3.63) is 35.9 Å². The van der Waals surface area contributed by atoms with Gasteiger partial charge in [0.15, 0.2) is 0 Å². The summed E-state index contributed by atoms with van der Waals surface area (Å²) in [6.45, 7) is 6.16. The van der Waals surface area contributed by atoms with Crippen LogP contribution in [0.4, 0.5) is 0 Å². The molecule has 1 heterocycles. The summed E-state index contributed by atoms with van der Waals surface area (Å²) < 4.78 is 0. The fraction of sp³-hybridized carbons (Fsp3) is 0.684. The van der Waals surface area contributed by atoms with Gasteiger partial charge in [-0.2, -0.15) is 0 Å². The van der Waals surface area contributed by atoms with Gasteiger partial charge in [-0.25, -0.2) is 0 Å². The highest BCUT2D eigenvalue weighted by atomic mass is 15.2. The first kappa shape index (κ1) is 15.1. The van der Waals surface area contributed by atoms with E-state index in [-0.39, 0.29) is 0 Å². The van der Waals surface area contributed by atoms with Crippen LogP contribution in [-0.4, -0.2) is 36.6 Å². The molecule has 0 spiro atoms. The summed E-state index contributed by atoms with van der Waals surface area (Å²) in [5.41, 5.74) is 1.47. The molecular formula is C19H30N2. The van der Waals surface area contributed by atoms with Gasteiger partial charge in [0, 0.05) is 25.2 Å². The molecule has 0 bridgehead atoms. The molecule has 3 rings (SSSR count). The molecule has 2 heteroatoms. The smallest absolute Gasteiger partial charge is 0.0209 e. The molecule has 1 aromatic rings. The standard InChI is InChI=1S/C19H30N2/c1-16-7-5-6-10-19(16)20-18-12-14-21(15-18)13-11-17-8-3-2-4-9-17/h2-4,8-9,16,18-20H,5-7,10-15H2,1H3. The Morgan fingerprint density at radius 3 is 2.71 bits per heavy atom. The molecule has 1 aromatic carbocycles. The van der Waals surface area contributed by atoms with Crippen LogP contribution in [0.3, 0.4) is 0 Å². The lowest BCUT2D eigenvalue weighted by molar-refractivity contribution is 0.252. The van der Waals surface area contributed by atoms with E-state index < -0.39 is 0 Å². The first-order valence-electron chi connectivity index (χ1n) is 8.83. The summed E-state index contributed by atoms with van der Waals surface area (Å²) in [6, 6.07) is 12.4. The van der Waals surface area contributed by atoms with Crippen LogP contribution >= 0.6 is 0 Å². The predicted octanol–water partition coefficient (Wildman–Crippen LogP) is 3.47. The third-order valence-electron chi connectivity index (χ3n) is 5.39. The van der Waals surface area contributed by atoms with Crippen molar-refractivity contribution in [2.75, 3.05) is 19.6 Å². The molecule has 116 valence electrons. The van der Waals surface area contributed by atoms with Gasteiger partial charge in [-0.05, 0) is 43.7 Å². The molecular weight excluding hydrogens is 256 g/mol. The first-order valence-corrected chi connectivity index (χ1v) is 8.83. The predicted molar refractivity (Wildman–Crippen MR) is 89.5 cm³/mol. The lowest BCUT2D eigenvalue weighted by Gasteiger charge is -2.32. The van der Waals surface area contributed by atoms with Crippen LogP contribution in [0.25, 0.3) is 0 Å². The van der Waals surface area contributed by atoms with Gasteiger partial charge in [-0.3, -0.25) is 0 Å². The quantitative estimate of drug-likeness (QED) is 0.891. The lowest BCUT2D eigenvalue weighted by Crippen LogP contribution is -2.44. The van der Waals surface area contributed by atoms with Crippen LogP contribution in [0.5, 0.6) is 0 Å². The summed E-state index contributed by atoms with van der Waals surface area (Å²) in [7, 11) is 0. The second-order valence-corrected chi connectivity index (χ2v) is 7.06. The van der Waals surface area contributed by atoms with Crippen molar-refractivity contribution in [2.24, 2.45) is 5.92 Å². The van der Waals surface area contributed by atoms with Gasteiger partial charge in [-0.1, -0.05) is 50.1 Å². The van der Waals surface area contributed by atoms with Gasteiger partial charge < -0.3 is 10.2 Å². The van der Waals surface area contributed by atoms with E-state index >= 15 is 0 Å². The van der Waals surface area contributed by atoms with Crippen molar-refractivity contribution in [3.8, 4) is 0 Å². The molecule has 3 unspecified atom stereocenters. The van der Waals surface area contributed by atoms with Crippen molar-refractivity contribution < 1.29 is 0 Å². The molecule has 2 aliphatic rings. The SMILES string of the molecule is CC1CCCCC1NC1CCN(CCc2ccccc2)C1. The number of likely N-dealkylation sites (tertiary alicyclic amines) is 1. The average Bonchev–Trinajstić information content (AvgIpc) is 2.96. The fourth-order valence-electron chi connectivity index (χ4n) is 3.97. The Morgan fingerprint density at radius 1 is 1.10 bits per heavy atom. The van der Waals surface area contributed by atoms with E-state index in [1.54, 1.807) is 0 Å². The van der Waals surface area contributed by atoms with Gasteiger partial charge in [0.05, 0.1) is 0 Å². The lowest BCUT2D eigenvalue weighted by atomic mass is 9.85. The normalized spacial score (nSPS) is 30.6. The summed E-state index contributed by atoms with van der Waals surface area (Å²) in [5, 5.41) is 3.95. The molecule has 2 fully saturated rings. The molecule has 3 atom stereocenters. The highest BCUT2D eigenvalue weighted by Crippen LogP contribution is 2.25. The van der Waals surface area contributed by atoms with Crippen molar-refractivity contribution in [1.29, 1.82) is 0 Å². The maximum Gasteiger partial charge on any atom is 0.0209 e. The third-order valence-corrected chi connectivity index (χ3v) is 5.39. The Labute approximate surface area is 129 Å². The zero-order chi connectivity index (χ0) is 14.5. The minimum absolute atomic E-state index is 0.728. The minimum atomic E-state index is 0.728. The second kappa shape index (κ2) is 7.42. The zero-order valence-corrected chi connectivity index (χ0v) is 13.4. The molecule has 1 saturated heterocycles. The number of hydrogen-bond donors (Lipinski definition) is 1. The van der Waals surface area contributed by atoms with E-state index in [0.29, 0.717) is 0 Å². The third kappa shape index (κ3) is 4.31. The van der Waals surface area contributed by atoms with Crippen LogP contribution in [0, 0.1) is 5.92 Å². The Kier molecular flexibility index (Phi) is 5.32. The van der Waals surface area contributed by atoms with Gasteiger partial charge in [-0.15, -0.1) is 0 Å². The van der Waals surface area contributed by atoms with Crippen LogP contribution < -0.4 is 5.32 Å². The van der Waals surface area contributed by atoms with Gasteiger partial charge in [0.25, 0.3) is 0 Å². The van der Waals surface area contributed by atoms with E-state index in [1.807, 2.05) is 0 Å². The first-order chi connectivity index (χ1) is 10.3. The van der Waals surface area contributed by atoms with E-state index in [4.69, 9.17) is 0 Å². The maximum atomic E-state index is 3.95. The highest BCUT2D eigenvalue weighted by Gasteiger charge is 2.27.